The van der Waals surface area contributed by atoms with Crippen LogP contribution in [0.2, 0.25) is 0 Å². The van der Waals surface area contributed by atoms with Crippen LogP contribution < -0.4 is 5.32 Å². The Kier molecular flexibility index (Phi) is 4.55. The van der Waals surface area contributed by atoms with Crippen LogP contribution in [0.1, 0.15) is 17.9 Å². The molecule has 0 unspecified atom stereocenters. The highest BCUT2D eigenvalue weighted by Gasteiger charge is 2.07. The van der Waals surface area contributed by atoms with Crippen molar-refractivity contribution in [1.82, 2.24) is 10.3 Å². The minimum atomic E-state index is 0.804. The van der Waals surface area contributed by atoms with Crippen molar-refractivity contribution in [3.05, 3.63) is 40.3 Å². The molecule has 0 radical (unpaired) electrons. The number of rotatable bonds is 5. The molecule has 0 bridgehead atoms. The molecule has 1 N–H and O–H groups in total. The number of aromatic nitrogens is 1. The monoisotopic (exact) mass is 308 g/mol. The van der Waals surface area contributed by atoms with Crippen molar-refractivity contribution in [1.29, 1.82) is 0 Å². The summed E-state index contributed by atoms with van der Waals surface area (Å²) in [5.74, 6) is 1.64. The molecule has 0 saturated heterocycles. The van der Waals surface area contributed by atoms with Gasteiger partial charge in [0.15, 0.2) is 11.7 Å². The molecule has 96 valence electrons. The molecule has 2 aromatic rings. The average molecular weight is 309 g/mol. The van der Waals surface area contributed by atoms with Crippen LogP contribution in [0, 0.1) is 6.92 Å². The summed E-state index contributed by atoms with van der Waals surface area (Å²) < 4.78 is 6.83. The molecule has 3 nitrogen and oxygen atoms in total. The maximum atomic E-state index is 5.77. The summed E-state index contributed by atoms with van der Waals surface area (Å²) in [5, 5.41) is 3.12. The van der Waals surface area contributed by atoms with Crippen LogP contribution in [0.4, 0.5) is 0 Å². The van der Waals surface area contributed by atoms with Gasteiger partial charge in [0.1, 0.15) is 0 Å². The van der Waals surface area contributed by atoms with E-state index in [-0.39, 0.29) is 0 Å². The lowest BCUT2D eigenvalue weighted by Gasteiger charge is -2.00. The standard InChI is InChI=1S/C14H17BrN2O/c1-10-6-11(8-12(15)7-10)13-9-17-14(18-13)4-3-5-16-2/h6-9,16H,3-5H2,1-2H3. The predicted molar refractivity (Wildman–Crippen MR) is 76.6 cm³/mol. The molecule has 1 aromatic carbocycles. The molecule has 0 aliphatic rings. The van der Waals surface area contributed by atoms with Crippen LogP contribution in [-0.4, -0.2) is 18.6 Å². The Morgan fingerprint density at radius 1 is 1.33 bits per heavy atom. The van der Waals surface area contributed by atoms with Crippen molar-refractivity contribution in [2.75, 3.05) is 13.6 Å². The number of aryl methyl sites for hydroxylation is 2. The van der Waals surface area contributed by atoms with E-state index >= 15 is 0 Å². The summed E-state index contributed by atoms with van der Waals surface area (Å²) in [5.41, 5.74) is 2.27. The molecular formula is C14H17BrN2O. The van der Waals surface area contributed by atoms with Gasteiger partial charge in [-0.1, -0.05) is 15.9 Å². The normalized spacial score (nSPS) is 10.8. The van der Waals surface area contributed by atoms with Gasteiger partial charge in [-0.25, -0.2) is 4.98 Å². The number of oxazole rings is 1. The van der Waals surface area contributed by atoms with Gasteiger partial charge in [0.2, 0.25) is 0 Å². The van der Waals surface area contributed by atoms with Crippen molar-refractivity contribution in [2.45, 2.75) is 19.8 Å². The molecule has 0 amide bonds. The van der Waals surface area contributed by atoms with Gasteiger partial charge in [0.25, 0.3) is 0 Å². The zero-order valence-electron chi connectivity index (χ0n) is 10.7. The lowest BCUT2D eigenvalue weighted by Crippen LogP contribution is -2.08. The van der Waals surface area contributed by atoms with Crippen LogP contribution in [0.25, 0.3) is 11.3 Å². The Morgan fingerprint density at radius 3 is 2.89 bits per heavy atom. The molecule has 1 heterocycles. The van der Waals surface area contributed by atoms with Gasteiger partial charge in [0, 0.05) is 16.5 Å². The Balaban J connectivity index is 2.13. The quantitative estimate of drug-likeness (QED) is 0.858. The number of halogens is 1. The summed E-state index contributed by atoms with van der Waals surface area (Å²) in [6, 6.07) is 6.22. The number of nitrogens with one attached hydrogen (secondary N) is 1. The third-order valence-electron chi connectivity index (χ3n) is 2.70. The van der Waals surface area contributed by atoms with Gasteiger partial charge >= 0.3 is 0 Å². The maximum Gasteiger partial charge on any atom is 0.194 e. The van der Waals surface area contributed by atoms with Crippen molar-refractivity contribution >= 4 is 15.9 Å². The Labute approximate surface area is 116 Å². The zero-order chi connectivity index (χ0) is 13.0. The third kappa shape index (κ3) is 3.43. The number of hydrogen-bond donors (Lipinski definition) is 1. The van der Waals surface area contributed by atoms with Gasteiger partial charge in [-0.2, -0.15) is 0 Å². The first-order chi connectivity index (χ1) is 8.69. The lowest BCUT2D eigenvalue weighted by atomic mass is 10.1. The minimum Gasteiger partial charge on any atom is -0.441 e. The van der Waals surface area contributed by atoms with E-state index in [1.807, 2.05) is 13.1 Å². The first-order valence-corrected chi connectivity index (χ1v) is 6.85. The predicted octanol–water partition coefficient (Wildman–Crippen LogP) is 3.56. The molecule has 0 spiro atoms. The summed E-state index contributed by atoms with van der Waals surface area (Å²) in [6.45, 7) is 3.05. The number of nitrogens with zero attached hydrogens (tertiary/aromatic N) is 1. The van der Waals surface area contributed by atoms with Gasteiger partial charge in [-0.3, -0.25) is 0 Å². The molecule has 0 fully saturated rings. The van der Waals surface area contributed by atoms with Crippen molar-refractivity contribution < 1.29 is 4.42 Å². The SMILES string of the molecule is CNCCCc1ncc(-c2cc(C)cc(Br)c2)o1. The van der Waals surface area contributed by atoms with E-state index in [0.717, 1.165) is 41.1 Å². The fourth-order valence-corrected chi connectivity index (χ4v) is 2.46. The minimum absolute atomic E-state index is 0.804. The van der Waals surface area contributed by atoms with Gasteiger partial charge < -0.3 is 9.73 Å². The highest BCUT2D eigenvalue weighted by Crippen LogP contribution is 2.25. The average Bonchev–Trinajstić information content (AvgIpc) is 2.77. The topological polar surface area (TPSA) is 38.1 Å². The molecule has 0 atom stereocenters. The molecule has 0 saturated carbocycles. The van der Waals surface area contributed by atoms with Gasteiger partial charge in [-0.15, -0.1) is 0 Å². The van der Waals surface area contributed by atoms with Crippen LogP contribution in [0.5, 0.6) is 0 Å². The fraction of sp³-hybridized carbons (Fsp3) is 0.357. The molecule has 1 aromatic heterocycles. The summed E-state index contributed by atoms with van der Waals surface area (Å²) in [4.78, 5) is 4.31. The largest absolute Gasteiger partial charge is 0.441 e. The lowest BCUT2D eigenvalue weighted by molar-refractivity contribution is 0.495. The highest BCUT2D eigenvalue weighted by molar-refractivity contribution is 9.10. The van der Waals surface area contributed by atoms with Crippen molar-refractivity contribution in [2.24, 2.45) is 0 Å². The molecule has 0 aliphatic heterocycles. The Morgan fingerprint density at radius 2 is 2.17 bits per heavy atom. The second kappa shape index (κ2) is 6.16. The number of hydrogen-bond acceptors (Lipinski definition) is 3. The molecule has 0 aliphatic carbocycles. The third-order valence-corrected chi connectivity index (χ3v) is 3.16. The maximum absolute atomic E-state index is 5.77. The number of benzene rings is 1. The van der Waals surface area contributed by atoms with Crippen LogP contribution >= 0.6 is 15.9 Å². The highest BCUT2D eigenvalue weighted by atomic mass is 79.9. The second-order valence-electron chi connectivity index (χ2n) is 4.34. The van der Waals surface area contributed by atoms with Crippen molar-refractivity contribution in [3.8, 4) is 11.3 Å². The van der Waals surface area contributed by atoms with E-state index in [2.05, 4.69) is 45.3 Å². The molecular weight excluding hydrogens is 292 g/mol. The summed E-state index contributed by atoms with van der Waals surface area (Å²) in [7, 11) is 1.95. The van der Waals surface area contributed by atoms with Gasteiger partial charge in [0.05, 0.1) is 6.20 Å². The van der Waals surface area contributed by atoms with Crippen molar-refractivity contribution in [3.63, 3.8) is 0 Å². The molecule has 4 heteroatoms. The first kappa shape index (κ1) is 13.3. The van der Waals surface area contributed by atoms with E-state index in [9.17, 15) is 0 Å². The summed E-state index contributed by atoms with van der Waals surface area (Å²) in [6.07, 6.45) is 3.71. The fourth-order valence-electron chi connectivity index (χ4n) is 1.85. The molecule has 2 rings (SSSR count). The first-order valence-electron chi connectivity index (χ1n) is 6.06. The van der Waals surface area contributed by atoms with E-state index in [1.54, 1.807) is 6.20 Å². The van der Waals surface area contributed by atoms with E-state index in [1.165, 1.54) is 5.56 Å². The Bertz CT molecular complexity index is 502. The summed E-state index contributed by atoms with van der Waals surface area (Å²) >= 11 is 3.50. The van der Waals surface area contributed by atoms with Crippen LogP contribution in [0.15, 0.2) is 33.3 Å². The molecule has 18 heavy (non-hydrogen) atoms. The van der Waals surface area contributed by atoms with Crippen LogP contribution in [0.3, 0.4) is 0 Å². The smallest absolute Gasteiger partial charge is 0.194 e. The second-order valence-corrected chi connectivity index (χ2v) is 5.26. The van der Waals surface area contributed by atoms with Gasteiger partial charge in [-0.05, 0) is 50.7 Å². The van der Waals surface area contributed by atoms with E-state index < -0.39 is 0 Å². The van der Waals surface area contributed by atoms with Crippen LogP contribution in [-0.2, 0) is 6.42 Å². The zero-order valence-corrected chi connectivity index (χ0v) is 12.3. The Hall–Kier alpha value is -1.13. The van der Waals surface area contributed by atoms with E-state index in [4.69, 9.17) is 4.42 Å². The van der Waals surface area contributed by atoms with E-state index in [0.29, 0.717) is 0 Å².